The standard InChI is InChI=1S/C12H15NO2S/c1-16-8-7-10-12(14)15-11(13-10)9-5-3-2-4-6-9/h2-6,10-11,13H,7-8H2,1H3. The minimum absolute atomic E-state index is 0.136. The number of carbonyl (C=O) groups is 1. The second-order valence-electron chi connectivity index (χ2n) is 3.73. The van der Waals surface area contributed by atoms with Gasteiger partial charge in [-0.1, -0.05) is 30.3 Å². The summed E-state index contributed by atoms with van der Waals surface area (Å²) in [4.78, 5) is 11.6. The monoisotopic (exact) mass is 237 g/mol. The van der Waals surface area contributed by atoms with E-state index in [0.29, 0.717) is 0 Å². The Kier molecular flexibility index (Phi) is 3.85. The molecule has 1 saturated heterocycles. The van der Waals surface area contributed by atoms with Gasteiger partial charge in [0.2, 0.25) is 0 Å². The van der Waals surface area contributed by atoms with E-state index < -0.39 is 0 Å². The van der Waals surface area contributed by atoms with E-state index >= 15 is 0 Å². The van der Waals surface area contributed by atoms with Crippen LogP contribution in [0.4, 0.5) is 0 Å². The average molecular weight is 237 g/mol. The molecule has 16 heavy (non-hydrogen) atoms. The van der Waals surface area contributed by atoms with Crippen LogP contribution in [-0.4, -0.2) is 24.0 Å². The molecule has 0 aromatic heterocycles. The summed E-state index contributed by atoms with van der Waals surface area (Å²) in [6, 6.07) is 9.60. The summed E-state index contributed by atoms with van der Waals surface area (Å²) in [6.07, 6.45) is 2.58. The van der Waals surface area contributed by atoms with Crippen LogP contribution in [0.1, 0.15) is 18.2 Å². The van der Waals surface area contributed by atoms with Crippen molar-refractivity contribution in [3.63, 3.8) is 0 Å². The first-order valence-electron chi connectivity index (χ1n) is 5.31. The molecule has 1 aliphatic heterocycles. The van der Waals surface area contributed by atoms with E-state index in [2.05, 4.69) is 5.32 Å². The van der Waals surface area contributed by atoms with Crippen molar-refractivity contribution in [3.05, 3.63) is 35.9 Å². The summed E-state index contributed by atoms with van der Waals surface area (Å²) in [5, 5.41) is 3.21. The Morgan fingerprint density at radius 3 is 2.81 bits per heavy atom. The summed E-state index contributed by atoms with van der Waals surface area (Å²) in [5.74, 6) is 0.830. The van der Waals surface area contributed by atoms with Gasteiger partial charge in [0.05, 0.1) is 0 Å². The Labute approximate surface area is 99.6 Å². The van der Waals surface area contributed by atoms with E-state index in [4.69, 9.17) is 4.74 Å². The number of hydrogen-bond donors (Lipinski definition) is 1. The molecule has 0 spiro atoms. The molecule has 1 aliphatic rings. The van der Waals surface area contributed by atoms with Gasteiger partial charge in [-0.25, -0.2) is 0 Å². The lowest BCUT2D eigenvalue weighted by molar-refractivity contribution is -0.142. The summed E-state index contributed by atoms with van der Waals surface area (Å²) >= 11 is 1.74. The summed E-state index contributed by atoms with van der Waals surface area (Å²) in [7, 11) is 0. The van der Waals surface area contributed by atoms with Crippen LogP contribution in [0.15, 0.2) is 30.3 Å². The quantitative estimate of drug-likeness (QED) is 0.812. The maximum absolute atomic E-state index is 11.6. The van der Waals surface area contributed by atoms with Crippen LogP contribution in [0.25, 0.3) is 0 Å². The largest absolute Gasteiger partial charge is 0.441 e. The predicted octanol–water partition coefficient (Wildman–Crippen LogP) is 1.95. The van der Waals surface area contributed by atoms with Gasteiger partial charge in [0.15, 0.2) is 6.23 Å². The zero-order chi connectivity index (χ0) is 11.4. The fourth-order valence-electron chi connectivity index (χ4n) is 1.71. The molecule has 0 radical (unpaired) electrons. The van der Waals surface area contributed by atoms with Crippen LogP contribution >= 0.6 is 11.8 Å². The number of thioether (sulfide) groups is 1. The van der Waals surface area contributed by atoms with Crippen molar-refractivity contribution < 1.29 is 9.53 Å². The third kappa shape index (κ3) is 2.57. The van der Waals surface area contributed by atoms with Gasteiger partial charge < -0.3 is 4.74 Å². The molecule has 1 aromatic rings. The first-order valence-corrected chi connectivity index (χ1v) is 6.71. The van der Waals surface area contributed by atoms with Crippen molar-refractivity contribution in [2.75, 3.05) is 12.0 Å². The highest BCUT2D eigenvalue weighted by Crippen LogP contribution is 2.22. The van der Waals surface area contributed by atoms with Gasteiger partial charge in [-0.2, -0.15) is 11.8 Å². The van der Waals surface area contributed by atoms with E-state index in [0.717, 1.165) is 17.7 Å². The maximum Gasteiger partial charge on any atom is 0.325 e. The lowest BCUT2D eigenvalue weighted by Crippen LogP contribution is -2.28. The first kappa shape index (κ1) is 11.5. The van der Waals surface area contributed by atoms with Gasteiger partial charge in [-0.3, -0.25) is 10.1 Å². The Bertz CT molecular complexity index is 355. The number of rotatable bonds is 4. The van der Waals surface area contributed by atoms with Gasteiger partial charge in [0.1, 0.15) is 6.04 Å². The van der Waals surface area contributed by atoms with Crippen LogP contribution < -0.4 is 5.32 Å². The van der Waals surface area contributed by atoms with Gasteiger partial charge in [-0.15, -0.1) is 0 Å². The van der Waals surface area contributed by atoms with Gasteiger partial charge in [0, 0.05) is 5.56 Å². The van der Waals surface area contributed by atoms with Crippen LogP contribution in [0, 0.1) is 0 Å². The molecule has 2 rings (SSSR count). The van der Waals surface area contributed by atoms with E-state index in [1.807, 2.05) is 36.6 Å². The zero-order valence-corrected chi connectivity index (χ0v) is 10.00. The molecule has 0 aliphatic carbocycles. The molecule has 0 bridgehead atoms. The van der Waals surface area contributed by atoms with Crippen molar-refractivity contribution in [1.29, 1.82) is 0 Å². The smallest absolute Gasteiger partial charge is 0.325 e. The number of benzene rings is 1. The van der Waals surface area contributed by atoms with Gasteiger partial charge in [0.25, 0.3) is 0 Å². The summed E-state index contributed by atoms with van der Waals surface area (Å²) < 4.78 is 5.30. The van der Waals surface area contributed by atoms with E-state index in [1.54, 1.807) is 11.8 Å². The van der Waals surface area contributed by atoms with Crippen molar-refractivity contribution in [3.8, 4) is 0 Å². The Morgan fingerprint density at radius 2 is 2.12 bits per heavy atom. The van der Waals surface area contributed by atoms with E-state index in [1.165, 1.54) is 0 Å². The molecule has 1 aromatic carbocycles. The van der Waals surface area contributed by atoms with Gasteiger partial charge in [-0.05, 0) is 18.4 Å². The molecular formula is C12H15NO2S. The average Bonchev–Trinajstić information content (AvgIpc) is 2.69. The molecule has 4 heteroatoms. The lowest BCUT2D eigenvalue weighted by Gasteiger charge is -2.09. The number of hydrogen-bond acceptors (Lipinski definition) is 4. The molecular weight excluding hydrogens is 222 g/mol. The number of esters is 1. The highest BCUT2D eigenvalue weighted by atomic mass is 32.2. The highest BCUT2D eigenvalue weighted by Gasteiger charge is 2.33. The molecule has 3 nitrogen and oxygen atoms in total. The van der Waals surface area contributed by atoms with Crippen LogP contribution in [-0.2, 0) is 9.53 Å². The zero-order valence-electron chi connectivity index (χ0n) is 9.18. The third-order valence-electron chi connectivity index (χ3n) is 2.58. The third-order valence-corrected chi connectivity index (χ3v) is 3.23. The highest BCUT2D eigenvalue weighted by molar-refractivity contribution is 7.98. The number of carbonyl (C=O) groups excluding carboxylic acids is 1. The predicted molar refractivity (Wildman–Crippen MR) is 65.2 cm³/mol. The van der Waals surface area contributed by atoms with Crippen LogP contribution in [0.3, 0.4) is 0 Å². The van der Waals surface area contributed by atoms with Crippen molar-refractivity contribution >= 4 is 17.7 Å². The van der Waals surface area contributed by atoms with Crippen molar-refractivity contribution in [2.24, 2.45) is 0 Å². The minimum atomic E-state index is -0.277. The molecule has 0 saturated carbocycles. The fourth-order valence-corrected chi connectivity index (χ4v) is 2.18. The van der Waals surface area contributed by atoms with E-state index in [-0.39, 0.29) is 18.2 Å². The number of ether oxygens (including phenoxy) is 1. The van der Waals surface area contributed by atoms with Crippen molar-refractivity contribution in [1.82, 2.24) is 5.32 Å². The molecule has 0 amide bonds. The molecule has 2 atom stereocenters. The molecule has 1 fully saturated rings. The van der Waals surface area contributed by atoms with Crippen LogP contribution in [0.5, 0.6) is 0 Å². The lowest BCUT2D eigenvalue weighted by atomic mass is 10.2. The molecule has 86 valence electrons. The summed E-state index contributed by atoms with van der Waals surface area (Å²) in [6.45, 7) is 0. The molecule has 2 unspecified atom stereocenters. The SMILES string of the molecule is CSCCC1NC(c2ccccc2)OC1=O. The number of nitrogens with one attached hydrogen (secondary N) is 1. The topological polar surface area (TPSA) is 38.3 Å². The normalized spacial score (nSPS) is 24.4. The summed E-state index contributed by atoms with van der Waals surface area (Å²) in [5.41, 5.74) is 1.00. The van der Waals surface area contributed by atoms with Crippen molar-refractivity contribution in [2.45, 2.75) is 18.7 Å². The van der Waals surface area contributed by atoms with Crippen LogP contribution in [0.2, 0.25) is 0 Å². The Morgan fingerprint density at radius 1 is 1.38 bits per heavy atom. The maximum atomic E-state index is 11.6. The van der Waals surface area contributed by atoms with Gasteiger partial charge >= 0.3 is 5.97 Å². The Balaban J connectivity index is 1.98. The second-order valence-corrected chi connectivity index (χ2v) is 4.71. The van der Waals surface area contributed by atoms with E-state index in [9.17, 15) is 4.79 Å². The second kappa shape index (κ2) is 5.37. The minimum Gasteiger partial charge on any atom is -0.441 e. The first-order chi connectivity index (χ1) is 7.81. The molecule has 1 heterocycles. The fraction of sp³-hybridized carbons (Fsp3) is 0.417. The number of cyclic esters (lactones) is 1. The molecule has 1 N–H and O–H groups in total. The Hall–Kier alpha value is -1.00.